The van der Waals surface area contributed by atoms with E-state index in [0.717, 1.165) is 25.2 Å². The minimum absolute atomic E-state index is 0.186. The van der Waals surface area contributed by atoms with Crippen molar-refractivity contribution in [1.29, 1.82) is 0 Å². The molecule has 2 saturated carbocycles. The van der Waals surface area contributed by atoms with Crippen LogP contribution in [0.25, 0.3) is 0 Å². The van der Waals surface area contributed by atoms with Crippen LogP contribution >= 0.6 is 0 Å². The van der Waals surface area contributed by atoms with E-state index in [4.69, 9.17) is 4.52 Å². The molecule has 0 aromatic carbocycles. The first kappa shape index (κ1) is 18.1. The number of rotatable bonds is 5. The molecule has 1 aromatic heterocycles. The summed E-state index contributed by atoms with van der Waals surface area (Å²) >= 11 is 0. The van der Waals surface area contributed by atoms with E-state index in [1.807, 2.05) is 16.7 Å². The topological polar surface area (TPSA) is 79.5 Å². The second-order valence-corrected chi connectivity index (χ2v) is 9.46. The van der Waals surface area contributed by atoms with Crippen LogP contribution in [0.5, 0.6) is 0 Å². The summed E-state index contributed by atoms with van der Waals surface area (Å²) in [5.74, 6) is 2.86. The molecule has 0 unspecified atom stereocenters. The van der Waals surface area contributed by atoms with Gasteiger partial charge in [-0.25, -0.2) is 0 Å². The zero-order chi connectivity index (χ0) is 19.3. The van der Waals surface area contributed by atoms with E-state index in [-0.39, 0.29) is 23.7 Å². The number of aryl methyl sites for hydroxylation is 1. The molecule has 152 valence electrons. The zero-order valence-corrected chi connectivity index (χ0v) is 16.7. The minimum atomic E-state index is -0.394. The van der Waals surface area contributed by atoms with Gasteiger partial charge in [0.2, 0.25) is 17.7 Å². The molecule has 7 nitrogen and oxygen atoms in total. The number of fused-ring (bicyclic) bond motifs is 1. The van der Waals surface area contributed by atoms with Crippen LogP contribution in [0.2, 0.25) is 0 Å². The lowest BCUT2D eigenvalue weighted by atomic mass is 9.81. The van der Waals surface area contributed by atoms with Crippen molar-refractivity contribution in [1.82, 2.24) is 19.9 Å². The van der Waals surface area contributed by atoms with Gasteiger partial charge in [-0.2, -0.15) is 4.98 Å². The van der Waals surface area contributed by atoms with Crippen LogP contribution in [0.1, 0.15) is 63.1 Å². The third kappa shape index (κ3) is 3.12. The first-order valence-electron chi connectivity index (χ1n) is 10.9. The Hall–Kier alpha value is -1.92. The number of hydrogen-bond acceptors (Lipinski definition) is 5. The summed E-state index contributed by atoms with van der Waals surface area (Å²) < 4.78 is 5.59. The van der Waals surface area contributed by atoms with Crippen molar-refractivity contribution in [2.45, 2.75) is 63.7 Å². The van der Waals surface area contributed by atoms with Gasteiger partial charge in [-0.3, -0.25) is 9.59 Å². The van der Waals surface area contributed by atoms with Crippen LogP contribution in [-0.4, -0.2) is 57.9 Å². The third-order valence-electron chi connectivity index (χ3n) is 7.39. The molecule has 2 amide bonds. The first-order chi connectivity index (χ1) is 13.5. The number of carbonyl (C=O) groups is 2. The fourth-order valence-corrected chi connectivity index (χ4v) is 5.60. The summed E-state index contributed by atoms with van der Waals surface area (Å²) in [5, 5.41) is 4.00. The average Bonchev–Trinajstić information content (AvgIpc) is 3.05. The highest BCUT2D eigenvalue weighted by molar-refractivity contribution is 5.82. The molecule has 5 rings (SSSR count). The Bertz CT molecular complexity index is 767. The van der Waals surface area contributed by atoms with Crippen LogP contribution in [-0.2, 0) is 15.0 Å². The Morgan fingerprint density at radius 3 is 2.50 bits per heavy atom. The van der Waals surface area contributed by atoms with Crippen LogP contribution < -0.4 is 0 Å². The Morgan fingerprint density at radius 1 is 1.11 bits per heavy atom. The number of hydrogen-bond donors (Lipinski definition) is 0. The van der Waals surface area contributed by atoms with Crippen LogP contribution in [0.4, 0.5) is 0 Å². The molecule has 0 N–H and O–H groups in total. The summed E-state index contributed by atoms with van der Waals surface area (Å²) in [4.78, 5) is 34.1. The molecule has 2 aliphatic carbocycles. The van der Waals surface area contributed by atoms with Gasteiger partial charge in [-0.05, 0) is 32.1 Å². The van der Waals surface area contributed by atoms with E-state index in [1.165, 1.54) is 25.7 Å². The first-order valence-corrected chi connectivity index (χ1v) is 10.9. The minimum Gasteiger partial charge on any atom is -0.341 e. The Kier molecular flexibility index (Phi) is 4.43. The van der Waals surface area contributed by atoms with E-state index in [9.17, 15) is 9.59 Å². The molecule has 2 aliphatic heterocycles. The zero-order valence-electron chi connectivity index (χ0n) is 16.7. The number of aromatic nitrogens is 2. The van der Waals surface area contributed by atoms with E-state index in [1.54, 1.807) is 0 Å². The van der Waals surface area contributed by atoms with Crippen LogP contribution in [0, 0.1) is 24.7 Å². The SMILES string of the molecule is Cc1noc([C@]23CN(C(=O)CCC4CCCC4)C[C@H]2CN(C(=O)C2CC2)C3)n1. The Balaban J connectivity index is 1.31. The van der Waals surface area contributed by atoms with Gasteiger partial charge in [0.1, 0.15) is 0 Å². The smallest absolute Gasteiger partial charge is 0.236 e. The number of likely N-dealkylation sites (tertiary alicyclic amines) is 2. The lowest BCUT2D eigenvalue weighted by molar-refractivity contribution is -0.132. The second-order valence-electron chi connectivity index (χ2n) is 9.46. The van der Waals surface area contributed by atoms with Crippen molar-refractivity contribution in [3.8, 4) is 0 Å². The molecule has 7 heteroatoms. The molecule has 1 aromatic rings. The molecule has 0 radical (unpaired) electrons. The van der Waals surface area contributed by atoms with E-state index in [2.05, 4.69) is 10.1 Å². The van der Waals surface area contributed by atoms with Gasteiger partial charge >= 0.3 is 0 Å². The molecule has 4 fully saturated rings. The number of amides is 2. The normalized spacial score (nSPS) is 30.2. The molecule has 2 saturated heterocycles. The molecular formula is C21H30N4O3. The lowest BCUT2D eigenvalue weighted by Crippen LogP contribution is -2.41. The highest BCUT2D eigenvalue weighted by atomic mass is 16.5. The van der Waals surface area contributed by atoms with Crippen molar-refractivity contribution >= 4 is 11.8 Å². The predicted molar refractivity (Wildman–Crippen MR) is 101 cm³/mol. The van der Waals surface area contributed by atoms with E-state index >= 15 is 0 Å². The monoisotopic (exact) mass is 386 g/mol. The molecule has 4 aliphatic rings. The van der Waals surface area contributed by atoms with Crippen LogP contribution in [0.3, 0.4) is 0 Å². The van der Waals surface area contributed by atoms with Gasteiger partial charge in [-0.1, -0.05) is 30.8 Å². The summed E-state index contributed by atoms with van der Waals surface area (Å²) in [7, 11) is 0. The number of carbonyl (C=O) groups excluding carboxylic acids is 2. The Labute approximate surface area is 165 Å². The summed E-state index contributed by atoms with van der Waals surface area (Å²) in [6, 6.07) is 0. The largest absolute Gasteiger partial charge is 0.341 e. The maximum absolute atomic E-state index is 12.9. The third-order valence-corrected chi connectivity index (χ3v) is 7.39. The molecule has 2 atom stereocenters. The van der Waals surface area contributed by atoms with E-state index < -0.39 is 5.41 Å². The van der Waals surface area contributed by atoms with Crippen molar-refractivity contribution < 1.29 is 14.1 Å². The van der Waals surface area contributed by atoms with Gasteiger partial charge < -0.3 is 14.3 Å². The van der Waals surface area contributed by atoms with Gasteiger partial charge in [0.15, 0.2) is 5.82 Å². The summed E-state index contributed by atoms with van der Waals surface area (Å²) in [5.41, 5.74) is -0.394. The standard InChI is InChI=1S/C21H30N4O3/c1-14-22-20(28-23-14)21-12-24(18(26)9-6-15-4-2-3-5-15)10-17(21)11-25(13-21)19(27)16-7-8-16/h15-17H,2-13H2,1H3/t17-,21-/m0/s1. The fraction of sp³-hybridized carbons (Fsp3) is 0.810. The maximum atomic E-state index is 12.9. The van der Waals surface area contributed by atoms with Gasteiger partial charge in [-0.15, -0.1) is 0 Å². The quantitative estimate of drug-likeness (QED) is 0.776. The van der Waals surface area contributed by atoms with Crippen molar-refractivity contribution in [3.63, 3.8) is 0 Å². The van der Waals surface area contributed by atoms with Crippen molar-refractivity contribution in [2.75, 3.05) is 26.2 Å². The van der Waals surface area contributed by atoms with E-state index in [0.29, 0.717) is 44.3 Å². The highest BCUT2D eigenvalue weighted by Gasteiger charge is 2.59. The number of nitrogens with zero attached hydrogens (tertiary/aromatic N) is 4. The molecule has 28 heavy (non-hydrogen) atoms. The van der Waals surface area contributed by atoms with Gasteiger partial charge in [0.25, 0.3) is 0 Å². The lowest BCUT2D eigenvalue weighted by Gasteiger charge is -2.26. The average molecular weight is 386 g/mol. The van der Waals surface area contributed by atoms with Gasteiger partial charge in [0.05, 0.1) is 5.41 Å². The molecule has 3 heterocycles. The maximum Gasteiger partial charge on any atom is 0.236 e. The molecule has 0 spiro atoms. The molecular weight excluding hydrogens is 356 g/mol. The fourth-order valence-electron chi connectivity index (χ4n) is 5.60. The highest BCUT2D eigenvalue weighted by Crippen LogP contribution is 2.46. The summed E-state index contributed by atoms with van der Waals surface area (Å²) in [6.45, 7) is 4.40. The second kappa shape index (κ2) is 6.85. The van der Waals surface area contributed by atoms with Crippen molar-refractivity contribution in [3.05, 3.63) is 11.7 Å². The van der Waals surface area contributed by atoms with Crippen LogP contribution in [0.15, 0.2) is 4.52 Å². The molecule has 0 bridgehead atoms. The van der Waals surface area contributed by atoms with Crippen molar-refractivity contribution in [2.24, 2.45) is 17.8 Å². The predicted octanol–water partition coefficient (Wildman–Crippen LogP) is 2.30. The van der Waals surface area contributed by atoms with Gasteiger partial charge in [0, 0.05) is 44.4 Å². The Morgan fingerprint density at radius 2 is 1.82 bits per heavy atom. The summed E-state index contributed by atoms with van der Waals surface area (Å²) in [6.07, 6.45) is 8.86.